The van der Waals surface area contributed by atoms with Gasteiger partial charge in [-0.25, -0.2) is 4.98 Å². The van der Waals surface area contributed by atoms with Gasteiger partial charge in [0.1, 0.15) is 11.5 Å². The molecular formula is C19H23N3O3. The highest BCUT2D eigenvalue weighted by molar-refractivity contribution is 5.77. The second kappa shape index (κ2) is 8.48. The van der Waals surface area contributed by atoms with Crippen molar-refractivity contribution in [2.24, 2.45) is 5.92 Å². The molecular weight excluding hydrogens is 318 g/mol. The molecule has 0 radical (unpaired) electrons. The van der Waals surface area contributed by atoms with Crippen molar-refractivity contribution < 1.29 is 14.3 Å². The number of carbonyl (C=O) groups excluding carboxylic acids is 1. The number of piperidine rings is 1. The summed E-state index contributed by atoms with van der Waals surface area (Å²) in [5, 5.41) is 6.32. The monoisotopic (exact) mass is 341 g/mol. The van der Waals surface area contributed by atoms with Gasteiger partial charge >= 0.3 is 0 Å². The summed E-state index contributed by atoms with van der Waals surface area (Å²) in [5.41, 5.74) is 0. The fourth-order valence-electron chi connectivity index (χ4n) is 2.71. The van der Waals surface area contributed by atoms with Crippen LogP contribution in [0.2, 0.25) is 0 Å². The smallest absolute Gasteiger partial charge is 0.258 e. The van der Waals surface area contributed by atoms with Crippen molar-refractivity contribution in [3.05, 3.63) is 48.7 Å². The third-order valence-electron chi connectivity index (χ3n) is 4.23. The number of amides is 1. The van der Waals surface area contributed by atoms with Gasteiger partial charge in [0.25, 0.3) is 5.91 Å². The minimum absolute atomic E-state index is 0.00364. The Kier molecular flexibility index (Phi) is 5.85. The molecule has 0 bridgehead atoms. The molecule has 1 aromatic heterocycles. The van der Waals surface area contributed by atoms with Gasteiger partial charge in [0.15, 0.2) is 6.61 Å². The van der Waals surface area contributed by atoms with Crippen LogP contribution in [0.1, 0.15) is 13.3 Å². The molecule has 0 spiro atoms. The number of hydrogen-bond donors (Lipinski definition) is 2. The summed E-state index contributed by atoms with van der Waals surface area (Å²) in [7, 11) is 0. The Morgan fingerprint density at radius 2 is 2.04 bits per heavy atom. The number of benzene rings is 1. The first-order valence-electron chi connectivity index (χ1n) is 8.52. The molecule has 1 aliphatic heterocycles. The number of hydrogen-bond acceptors (Lipinski definition) is 5. The van der Waals surface area contributed by atoms with Crippen LogP contribution >= 0.6 is 0 Å². The molecule has 3 rings (SSSR count). The Hall–Kier alpha value is -2.60. The normalized spacial score (nSPS) is 19.9. The molecule has 0 saturated carbocycles. The summed E-state index contributed by atoms with van der Waals surface area (Å²) in [6.07, 6.45) is 2.75. The lowest BCUT2D eigenvalue weighted by Crippen LogP contribution is -2.51. The van der Waals surface area contributed by atoms with Crippen molar-refractivity contribution in [3.8, 4) is 17.4 Å². The van der Waals surface area contributed by atoms with E-state index in [1.54, 1.807) is 36.5 Å². The zero-order chi connectivity index (χ0) is 17.5. The molecule has 1 fully saturated rings. The molecule has 1 saturated heterocycles. The van der Waals surface area contributed by atoms with E-state index in [-0.39, 0.29) is 18.6 Å². The third-order valence-corrected chi connectivity index (χ3v) is 4.23. The van der Waals surface area contributed by atoms with Crippen LogP contribution < -0.4 is 20.1 Å². The Balaban J connectivity index is 1.46. The first-order chi connectivity index (χ1) is 12.2. The maximum Gasteiger partial charge on any atom is 0.258 e. The highest BCUT2D eigenvalue weighted by Gasteiger charge is 2.22. The average Bonchev–Trinajstić information content (AvgIpc) is 2.64. The maximum absolute atomic E-state index is 12.0. The number of aromatic nitrogens is 1. The van der Waals surface area contributed by atoms with Crippen molar-refractivity contribution >= 4 is 5.91 Å². The van der Waals surface area contributed by atoms with E-state index in [2.05, 4.69) is 22.5 Å². The van der Waals surface area contributed by atoms with Gasteiger partial charge in [0.2, 0.25) is 5.88 Å². The average molecular weight is 341 g/mol. The highest BCUT2D eigenvalue weighted by atomic mass is 16.5. The van der Waals surface area contributed by atoms with Crippen LogP contribution in [0.25, 0.3) is 0 Å². The summed E-state index contributed by atoms with van der Waals surface area (Å²) < 4.78 is 11.2. The minimum atomic E-state index is -0.102. The van der Waals surface area contributed by atoms with Gasteiger partial charge in [-0.3, -0.25) is 4.79 Å². The molecule has 2 unspecified atom stereocenters. The molecule has 1 amide bonds. The molecule has 6 heteroatoms. The molecule has 25 heavy (non-hydrogen) atoms. The van der Waals surface area contributed by atoms with Crippen LogP contribution in [-0.2, 0) is 4.79 Å². The highest BCUT2D eigenvalue weighted by Crippen LogP contribution is 2.22. The van der Waals surface area contributed by atoms with Gasteiger partial charge in [-0.2, -0.15) is 0 Å². The molecule has 2 atom stereocenters. The van der Waals surface area contributed by atoms with Crippen LogP contribution in [0.5, 0.6) is 17.4 Å². The van der Waals surface area contributed by atoms with Crippen molar-refractivity contribution in [3.63, 3.8) is 0 Å². The first-order valence-corrected chi connectivity index (χ1v) is 8.52. The number of rotatable bonds is 6. The lowest BCUT2D eigenvalue weighted by atomic mass is 9.95. The summed E-state index contributed by atoms with van der Waals surface area (Å²) >= 11 is 0. The largest absolute Gasteiger partial charge is 0.484 e. The topological polar surface area (TPSA) is 72.5 Å². The van der Waals surface area contributed by atoms with Gasteiger partial charge in [-0.15, -0.1) is 0 Å². The molecule has 132 valence electrons. The SMILES string of the molecule is CC1CCNCC1NC(=O)COc1ccc(Oc2ccccn2)cc1. The molecule has 1 aliphatic rings. The Labute approximate surface area is 147 Å². The van der Waals surface area contributed by atoms with E-state index in [4.69, 9.17) is 9.47 Å². The quantitative estimate of drug-likeness (QED) is 0.844. The van der Waals surface area contributed by atoms with Gasteiger partial charge in [-0.05, 0) is 49.2 Å². The predicted molar refractivity (Wildman–Crippen MR) is 94.8 cm³/mol. The Bertz CT molecular complexity index is 676. The fraction of sp³-hybridized carbons (Fsp3) is 0.368. The van der Waals surface area contributed by atoms with Gasteiger partial charge in [0.05, 0.1) is 0 Å². The second-order valence-corrected chi connectivity index (χ2v) is 6.17. The van der Waals surface area contributed by atoms with Crippen LogP contribution in [0, 0.1) is 5.92 Å². The van der Waals surface area contributed by atoms with E-state index in [1.165, 1.54) is 0 Å². The van der Waals surface area contributed by atoms with Crippen molar-refractivity contribution in [2.75, 3.05) is 19.7 Å². The molecule has 2 heterocycles. The van der Waals surface area contributed by atoms with Crippen LogP contribution in [0.4, 0.5) is 0 Å². The number of pyridine rings is 1. The van der Waals surface area contributed by atoms with E-state index < -0.39 is 0 Å². The number of carbonyl (C=O) groups is 1. The van der Waals surface area contributed by atoms with Gasteiger partial charge < -0.3 is 20.1 Å². The van der Waals surface area contributed by atoms with E-state index in [0.29, 0.717) is 23.3 Å². The summed E-state index contributed by atoms with van der Waals surface area (Å²) in [4.78, 5) is 16.1. The maximum atomic E-state index is 12.0. The Morgan fingerprint density at radius 1 is 1.24 bits per heavy atom. The van der Waals surface area contributed by atoms with Gasteiger partial charge in [0, 0.05) is 24.8 Å². The van der Waals surface area contributed by atoms with Gasteiger partial charge in [-0.1, -0.05) is 13.0 Å². The second-order valence-electron chi connectivity index (χ2n) is 6.17. The van der Waals surface area contributed by atoms with Crippen LogP contribution in [0.15, 0.2) is 48.7 Å². The molecule has 6 nitrogen and oxygen atoms in total. The minimum Gasteiger partial charge on any atom is -0.484 e. The number of nitrogens with one attached hydrogen (secondary N) is 2. The lowest BCUT2D eigenvalue weighted by Gasteiger charge is -2.30. The zero-order valence-corrected chi connectivity index (χ0v) is 14.3. The summed E-state index contributed by atoms with van der Waals surface area (Å²) in [5.74, 6) is 2.20. The van der Waals surface area contributed by atoms with Crippen LogP contribution in [-0.4, -0.2) is 36.6 Å². The van der Waals surface area contributed by atoms with Crippen molar-refractivity contribution in [2.45, 2.75) is 19.4 Å². The number of ether oxygens (including phenoxy) is 2. The van der Waals surface area contributed by atoms with Crippen LogP contribution in [0.3, 0.4) is 0 Å². The number of nitrogens with zero attached hydrogens (tertiary/aromatic N) is 1. The molecule has 0 aliphatic carbocycles. The van der Waals surface area contributed by atoms with E-state index in [0.717, 1.165) is 19.5 Å². The van der Waals surface area contributed by atoms with E-state index >= 15 is 0 Å². The predicted octanol–water partition coefficient (Wildman–Crippen LogP) is 2.37. The zero-order valence-electron chi connectivity index (χ0n) is 14.3. The third kappa shape index (κ3) is 5.19. The van der Waals surface area contributed by atoms with Crippen molar-refractivity contribution in [1.82, 2.24) is 15.6 Å². The lowest BCUT2D eigenvalue weighted by molar-refractivity contribution is -0.124. The summed E-state index contributed by atoms with van der Waals surface area (Å²) in [6, 6.07) is 12.8. The first kappa shape index (κ1) is 17.2. The molecule has 2 aromatic rings. The molecule has 2 N–H and O–H groups in total. The summed E-state index contributed by atoms with van der Waals surface area (Å²) in [6.45, 7) is 3.99. The Morgan fingerprint density at radius 3 is 2.76 bits per heavy atom. The fourth-order valence-corrected chi connectivity index (χ4v) is 2.71. The molecule has 1 aromatic carbocycles. The van der Waals surface area contributed by atoms with E-state index in [1.807, 2.05) is 12.1 Å². The van der Waals surface area contributed by atoms with E-state index in [9.17, 15) is 4.79 Å². The van der Waals surface area contributed by atoms with Crippen molar-refractivity contribution in [1.29, 1.82) is 0 Å². The standard InChI is InChI=1S/C19H23N3O3/c1-14-9-11-20-12-17(14)22-18(23)13-24-15-5-7-16(8-6-15)25-19-4-2-3-10-21-19/h2-8,10,14,17,20H,9,11-13H2,1H3,(H,22,23).